The van der Waals surface area contributed by atoms with Crippen molar-refractivity contribution in [2.24, 2.45) is 5.92 Å². The van der Waals surface area contributed by atoms with Gasteiger partial charge in [-0.15, -0.1) is 0 Å². The fourth-order valence-corrected chi connectivity index (χ4v) is 7.15. The van der Waals surface area contributed by atoms with Gasteiger partial charge in [0, 0.05) is 25.4 Å². The van der Waals surface area contributed by atoms with Gasteiger partial charge in [-0.1, -0.05) is 17.4 Å². The maximum atomic E-state index is 13.3. The highest BCUT2D eigenvalue weighted by atomic mass is 32.2. The number of aromatic nitrogens is 2. The second kappa shape index (κ2) is 9.60. The van der Waals surface area contributed by atoms with Crippen LogP contribution in [0.4, 0.5) is 21.6 Å². The molecule has 0 spiro atoms. The van der Waals surface area contributed by atoms with Crippen LogP contribution in [0.25, 0.3) is 10.4 Å². The van der Waals surface area contributed by atoms with E-state index in [4.69, 9.17) is 4.74 Å². The Balaban J connectivity index is 1.31. The monoisotopic (exact) mass is 567 g/mol. The van der Waals surface area contributed by atoms with E-state index < -0.39 is 15.9 Å². The number of thiazole rings is 1. The van der Waals surface area contributed by atoms with Crippen molar-refractivity contribution in [3.05, 3.63) is 47.2 Å². The summed E-state index contributed by atoms with van der Waals surface area (Å²) < 4.78 is 30.8. The Hall–Kier alpha value is -3.51. The van der Waals surface area contributed by atoms with Gasteiger partial charge in [-0.05, 0) is 74.4 Å². The van der Waals surface area contributed by atoms with E-state index in [2.05, 4.69) is 15.3 Å². The molecule has 2 aromatic heterocycles. The number of anilines is 3. The summed E-state index contributed by atoms with van der Waals surface area (Å²) in [7, 11) is -3.65. The predicted molar refractivity (Wildman–Crippen MR) is 148 cm³/mol. The zero-order valence-electron chi connectivity index (χ0n) is 21.9. The molecule has 2 aliphatic heterocycles. The molecular weight excluding hydrogens is 538 g/mol. The van der Waals surface area contributed by atoms with Crippen LogP contribution in [0.5, 0.6) is 0 Å². The molecular formula is C27H29N5O5S2. The van der Waals surface area contributed by atoms with E-state index in [1.54, 1.807) is 24.3 Å². The van der Waals surface area contributed by atoms with Crippen LogP contribution in [0.3, 0.4) is 0 Å². The zero-order valence-corrected chi connectivity index (χ0v) is 23.6. The first-order valence-electron chi connectivity index (χ1n) is 12.9. The number of benzene rings is 1. The van der Waals surface area contributed by atoms with Crippen molar-refractivity contribution in [2.75, 3.05) is 29.6 Å². The van der Waals surface area contributed by atoms with E-state index in [1.165, 1.54) is 16.2 Å². The molecule has 204 valence electrons. The number of aryl methyl sites for hydroxylation is 1. The Labute approximate surface area is 230 Å². The van der Waals surface area contributed by atoms with Crippen molar-refractivity contribution in [1.29, 1.82) is 0 Å². The fraction of sp³-hybridized carbons (Fsp3) is 0.407. The van der Waals surface area contributed by atoms with Crippen LogP contribution in [0.15, 0.2) is 35.2 Å². The summed E-state index contributed by atoms with van der Waals surface area (Å²) in [5.41, 5.74) is 2.47. The molecule has 1 aromatic carbocycles. The number of nitrogens with one attached hydrogen (secondary N) is 1. The number of amides is 2. The van der Waals surface area contributed by atoms with Gasteiger partial charge in [-0.25, -0.2) is 23.2 Å². The lowest BCUT2D eigenvalue weighted by Gasteiger charge is -2.25. The average molecular weight is 568 g/mol. The summed E-state index contributed by atoms with van der Waals surface area (Å²) in [4.78, 5) is 38.8. The van der Waals surface area contributed by atoms with E-state index in [0.29, 0.717) is 53.5 Å². The summed E-state index contributed by atoms with van der Waals surface area (Å²) >= 11 is 1.38. The molecule has 3 aliphatic rings. The summed E-state index contributed by atoms with van der Waals surface area (Å²) in [6.07, 6.45) is 3.66. The Morgan fingerprint density at radius 3 is 2.69 bits per heavy atom. The largest absolute Gasteiger partial charge is 0.449 e. The molecule has 1 aliphatic carbocycles. The number of carbonyl (C=O) groups excluding carboxylic acids is 2. The highest BCUT2D eigenvalue weighted by Crippen LogP contribution is 2.42. The third kappa shape index (κ3) is 4.87. The van der Waals surface area contributed by atoms with Crippen molar-refractivity contribution < 1.29 is 22.7 Å². The van der Waals surface area contributed by atoms with Crippen molar-refractivity contribution in [3.8, 4) is 10.4 Å². The zero-order chi connectivity index (χ0) is 27.5. The van der Waals surface area contributed by atoms with Crippen LogP contribution in [0.1, 0.15) is 47.8 Å². The maximum absolute atomic E-state index is 13.3. The fourth-order valence-electron chi connectivity index (χ4n) is 5.26. The maximum Gasteiger partial charge on any atom is 0.415 e. The number of cyclic esters (lactones) is 1. The second-order valence-electron chi connectivity index (χ2n) is 10.4. The molecule has 12 heteroatoms. The standard InChI is InChI=1S/C27H29N5O5S2/c1-15-24(38-26(28-15)30-21-6-4-7-22(29-21)31-10-5-11-37-27(31)34)18-12-19-14-32(16(2)17-8-9-17)25(33)23(19)20(13-18)39(3,35)36/h4,6-7,12-13,16-17H,5,8-11,14H2,1-3H3,(H,28,29,30)/t16-/m0/s1. The number of sulfone groups is 1. The Morgan fingerprint density at radius 1 is 1.18 bits per heavy atom. The first-order valence-corrected chi connectivity index (χ1v) is 15.6. The van der Waals surface area contributed by atoms with Crippen LogP contribution in [0.2, 0.25) is 0 Å². The molecule has 10 nitrogen and oxygen atoms in total. The number of nitrogens with zero attached hydrogens (tertiary/aromatic N) is 4. The third-order valence-electron chi connectivity index (χ3n) is 7.47. The van der Waals surface area contributed by atoms with Crippen LogP contribution in [-0.2, 0) is 21.1 Å². The number of rotatable bonds is 7. The molecule has 1 N–H and O–H groups in total. The van der Waals surface area contributed by atoms with E-state index in [-0.39, 0.29) is 16.8 Å². The quantitative estimate of drug-likeness (QED) is 0.434. The van der Waals surface area contributed by atoms with E-state index in [1.807, 2.05) is 24.8 Å². The summed E-state index contributed by atoms with van der Waals surface area (Å²) in [6.45, 7) is 5.26. The molecule has 1 atom stereocenters. The van der Waals surface area contributed by atoms with Crippen molar-refractivity contribution in [3.63, 3.8) is 0 Å². The van der Waals surface area contributed by atoms with Crippen LogP contribution >= 0.6 is 11.3 Å². The van der Waals surface area contributed by atoms with Crippen molar-refractivity contribution in [1.82, 2.24) is 14.9 Å². The molecule has 4 heterocycles. The minimum absolute atomic E-state index is 0.0654. The molecule has 0 unspecified atom stereocenters. The number of ether oxygens (including phenoxy) is 1. The molecule has 1 saturated carbocycles. The first-order chi connectivity index (χ1) is 18.6. The van der Waals surface area contributed by atoms with Gasteiger partial charge < -0.3 is 15.0 Å². The minimum atomic E-state index is -3.65. The number of hydrogen-bond acceptors (Lipinski definition) is 9. The van der Waals surface area contributed by atoms with Crippen LogP contribution < -0.4 is 10.2 Å². The Morgan fingerprint density at radius 2 is 1.97 bits per heavy atom. The van der Waals surface area contributed by atoms with E-state index in [9.17, 15) is 18.0 Å². The normalized spacial score (nSPS) is 18.2. The minimum Gasteiger partial charge on any atom is -0.449 e. The second-order valence-corrected chi connectivity index (χ2v) is 13.3. The number of hydrogen-bond donors (Lipinski definition) is 1. The van der Waals surface area contributed by atoms with Gasteiger partial charge >= 0.3 is 6.09 Å². The van der Waals surface area contributed by atoms with Gasteiger partial charge in [0.15, 0.2) is 15.0 Å². The molecule has 1 saturated heterocycles. The summed E-state index contributed by atoms with van der Waals surface area (Å²) in [5, 5.41) is 3.79. The molecule has 39 heavy (non-hydrogen) atoms. The van der Waals surface area contributed by atoms with E-state index in [0.717, 1.165) is 41.7 Å². The number of carbonyl (C=O) groups is 2. The Bertz CT molecular complexity index is 1600. The lowest BCUT2D eigenvalue weighted by Crippen LogP contribution is -2.38. The van der Waals surface area contributed by atoms with Gasteiger partial charge in [0.05, 0.1) is 27.6 Å². The molecule has 0 radical (unpaired) electrons. The topological polar surface area (TPSA) is 122 Å². The van der Waals surface area contributed by atoms with E-state index >= 15 is 0 Å². The number of fused-ring (bicyclic) bond motifs is 1. The lowest BCUT2D eigenvalue weighted by molar-refractivity contribution is 0.0694. The molecule has 6 rings (SSSR count). The van der Waals surface area contributed by atoms with Gasteiger partial charge in [0.2, 0.25) is 0 Å². The summed E-state index contributed by atoms with van der Waals surface area (Å²) in [6, 6.07) is 8.94. The molecule has 0 bridgehead atoms. The SMILES string of the molecule is Cc1nc(Nc2cccc(N3CCCOC3=O)n2)sc1-c1cc2c(c(S(C)(=O)=O)c1)C(=O)N([C@@H](C)C1CC1)C2. The van der Waals surface area contributed by atoms with Crippen molar-refractivity contribution >= 4 is 49.9 Å². The highest BCUT2D eigenvalue weighted by Gasteiger charge is 2.41. The Kier molecular flexibility index (Phi) is 6.34. The van der Waals surface area contributed by atoms with Gasteiger partial charge in [-0.2, -0.15) is 0 Å². The van der Waals surface area contributed by atoms with Crippen molar-refractivity contribution in [2.45, 2.75) is 50.6 Å². The molecule has 2 amide bonds. The highest BCUT2D eigenvalue weighted by molar-refractivity contribution is 7.90. The van der Waals surface area contributed by atoms with Crippen LogP contribution in [-0.4, -0.2) is 60.7 Å². The molecule has 3 aromatic rings. The predicted octanol–water partition coefficient (Wildman–Crippen LogP) is 4.76. The van der Waals surface area contributed by atoms with Gasteiger partial charge in [0.25, 0.3) is 5.91 Å². The number of pyridine rings is 1. The van der Waals surface area contributed by atoms with Gasteiger partial charge in [-0.3, -0.25) is 9.69 Å². The smallest absolute Gasteiger partial charge is 0.415 e. The molecule has 2 fully saturated rings. The van der Waals surface area contributed by atoms with Gasteiger partial charge in [0.1, 0.15) is 11.6 Å². The lowest BCUT2D eigenvalue weighted by atomic mass is 10.0. The summed E-state index contributed by atoms with van der Waals surface area (Å²) in [5.74, 6) is 1.29. The first kappa shape index (κ1) is 25.8. The third-order valence-corrected chi connectivity index (χ3v) is 9.71. The average Bonchev–Trinajstić information content (AvgIpc) is 3.61. The van der Waals surface area contributed by atoms with Crippen LogP contribution in [0, 0.1) is 12.8 Å².